The number of hydrogen-bond donors (Lipinski definition) is 2. The Kier molecular flexibility index (Phi) is 4.43. The van der Waals surface area contributed by atoms with Crippen molar-refractivity contribution in [1.82, 2.24) is 5.32 Å². The molecule has 0 aromatic rings. The van der Waals surface area contributed by atoms with Crippen LogP contribution in [0.1, 0.15) is 38.5 Å². The van der Waals surface area contributed by atoms with E-state index in [1.165, 1.54) is 6.42 Å². The first-order valence-electron chi connectivity index (χ1n) is 5.19. The van der Waals surface area contributed by atoms with Crippen molar-refractivity contribution in [2.24, 2.45) is 5.92 Å². The summed E-state index contributed by atoms with van der Waals surface area (Å²) in [4.78, 5) is 21.7. The fraction of sp³-hybridized carbons (Fsp3) is 0.800. The minimum atomic E-state index is -1.05. The number of nitrogens with one attached hydrogen (secondary N) is 1. The van der Waals surface area contributed by atoms with E-state index in [9.17, 15) is 9.59 Å². The summed E-state index contributed by atoms with van der Waals surface area (Å²) in [6.07, 6.45) is 4.79. The van der Waals surface area contributed by atoms with Gasteiger partial charge in [-0.25, -0.2) is 4.79 Å². The van der Waals surface area contributed by atoms with Gasteiger partial charge in [-0.15, -0.1) is 0 Å². The van der Waals surface area contributed by atoms with E-state index in [1.807, 2.05) is 0 Å². The van der Waals surface area contributed by atoms with Crippen molar-refractivity contribution in [2.45, 2.75) is 38.5 Å². The lowest BCUT2D eigenvalue weighted by Gasteiger charge is -2.19. The zero-order chi connectivity index (χ0) is 10.4. The van der Waals surface area contributed by atoms with Crippen molar-refractivity contribution >= 4 is 11.9 Å². The molecule has 0 saturated heterocycles. The standard InChI is InChI=1S/C10H17NO3/c12-9(6-7-11-10(13)14)8-4-2-1-3-5-8/h8,11H,1-7H2,(H,13,14). The molecular formula is C10H17NO3. The van der Waals surface area contributed by atoms with Crippen molar-refractivity contribution in [3.8, 4) is 0 Å². The highest BCUT2D eigenvalue weighted by Gasteiger charge is 2.20. The van der Waals surface area contributed by atoms with E-state index in [2.05, 4.69) is 5.32 Å². The Morgan fingerprint density at radius 1 is 1.21 bits per heavy atom. The number of rotatable bonds is 4. The lowest BCUT2D eigenvalue weighted by molar-refractivity contribution is -0.123. The van der Waals surface area contributed by atoms with Crippen LogP contribution in [-0.2, 0) is 4.79 Å². The molecule has 0 aliphatic heterocycles. The molecule has 1 rings (SSSR count). The molecule has 80 valence electrons. The Balaban J connectivity index is 2.16. The number of carbonyl (C=O) groups is 2. The van der Waals surface area contributed by atoms with Gasteiger partial charge in [-0.2, -0.15) is 0 Å². The first-order chi connectivity index (χ1) is 6.70. The zero-order valence-corrected chi connectivity index (χ0v) is 8.29. The van der Waals surface area contributed by atoms with Gasteiger partial charge >= 0.3 is 6.09 Å². The zero-order valence-electron chi connectivity index (χ0n) is 8.29. The van der Waals surface area contributed by atoms with Crippen molar-refractivity contribution in [3.05, 3.63) is 0 Å². The third-order valence-corrected chi connectivity index (χ3v) is 2.71. The highest BCUT2D eigenvalue weighted by Crippen LogP contribution is 2.24. The topological polar surface area (TPSA) is 66.4 Å². The molecule has 1 saturated carbocycles. The summed E-state index contributed by atoms with van der Waals surface area (Å²) in [5, 5.41) is 10.5. The Morgan fingerprint density at radius 2 is 1.86 bits per heavy atom. The van der Waals surface area contributed by atoms with Crippen molar-refractivity contribution in [1.29, 1.82) is 0 Å². The molecule has 0 radical (unpaired) electrons. The van der Waals surface area contributed by atoms with Crippen LogP contribution in [0.2, 0.25) is 0 Å². The Labute approximate surface area is 83.7 Å². The molecule has 0 unspecified atom stereocenters. The van der Waals surface area contributed by atoms with E-state index in [-0.39, 0.29) is 18.2 Å². The molecule has 0 bridgehead atoms. The average molecular weight is 199 g/mol. The summed E-state index contributed by atoms with van der Waals surface area (Å²) in [7, 11) is 0. The number of carboxylic acid groups (broad SMARTS) is 1. The minimum Gasteiger partial charge on any atom is -0.465 e. The number of carbonyl (C=O) groups excluding carboxylic acids is 1. The van der Waals surface area contributed by atoms with Crippen LogP contribution >= 0.6 is 0 Å². The Bertz CT molecular complexity index is 209. The van der Waals surface area contributed by atoms with Gasteiger partial charge in [-0.1, -0.05) is 19.3 Å². The van der Waals surface area contributed by atoms with Crippen LogP contribution in [0.3, 0.4) is 0 Å². The van der Waals surface area contributed by atoms with E-state index < -0.39 is 6.09 Å². The Hall–Kier alpha value is -1.06. The van der Waals surface area contributed by atoms with Crippen LogP contribution in [0.25, 0.3) is 0 Å². The number of hydrogen-bond acceptors (Lipinski definition) is 2. The molecule has 0 spiro atoms. The van der Waals surface area contributed by atoms with Crippen LogP contribution < -0.4 is 5.32 Å². The minimum absolute atomic E-state index is 0.194. The van der Waals surface area contributed by atoms with Gasteiger partial charge in [0.15, 0.2) is 0 Å². The maximum atomic E-state index is 11.5. The third kappa shape index (κ3) is 3.77. The molecule has 1 aliphatic rings. The molecule has 0 heterocycles. The summed E-state index contributed by atoms with van der Waals surface area (Å²) in [5.74, 6) is 0.415. The third-order valence-electron chi connectivity index (χ3n) is 2.71. The smallest absolute Gasteiger partial charge is 0.404 e. The highest BCUT2D eigenvalue weighted by atomic mass is 16.4. The van der Waals surface area contributed by atoms with Crippen LogP contribution in [-0.4, -0.2) is 23.5 Å². The van der Waals surface area contributed by atoms with Crippen molar-refractivity contribution in [3.63, 3.8) is 0 Å². The summed E-state index contributed by atoms with van der Waals surface area (Å²) >= 11 is 0. The highest BCUT2D eigenvalue weighted by molar-refractivity contribution is 5.81. The van der Waals surface area contributed by atoms with Gasteiger partial charge in [0.2, 0.25) is 0 Å². The predicted molar refractivity (Wildman–Crippen MR) is 52.2 cm³/mol. The van der Waals surface area contributed by atoms with Gasteiger partial charge in [0.25, 0.3) is 0 Å². The molecule has 0 aromatic carbocycles. The first kappa shape index (κ1) is 11.0. The molecule has 0 atom stereocenters. The average Bonchev–Trinajstić information content (AvgIpc) is 2.18. The molecule has 2 N–H and O–H groups in total. The predicted octanol–water partition coefficient (Wildman–Crippen LogP) is 1.79. The van der Waals surface area contributed by atoms with E-state index in [4.69, 9.17) is 5.11 Å². The summed E-state index contributed by atoms with van der Waals surface area (Å²) in [5.41, 5.74) is 0. The van der Waals surface area contributed by atoms with E-state index in [0.29, 0.717) is 6.42 Å². The summed E-state index contributed by atoms with van der Waals surface area (Å²) in [6.45, 7) is 0.255. The number of Topliss-reactive ketones (excluding diaryl/α,β-unsaturated/α-hetero) is 1. The molecule has 14 heavy (non-hydrogen) atoms. The molecule has 1 fully saturated rings. The van der Waals surface area contributed by atoms with Gasteiger partial charge < -0.3 is 10.4 Å². The second kappa shape index (κ2) is 5.62. The van der Waals surface area contributed by atoms with Gasteiger partial charge in [0.05, 0.1) is 0 Å². The van der Waals surface area contributed by atoms with E-state index in [1.54, 1.807) is 0 Å². The molecule has 0 aromatic heterocycles. The summed E-state index contributed by atoms with van der Waals surface area (Å²) in [6, 6.07) is 0. The van der Waals surface area contributed by atoms with Crippen LogP contribution in [0.15, 0.2) is 0 Å². The number of ketones is 1. The van der Waals surface area contributed by atoms with Crippen LogP contribution in [0.5, 0.6) is 0 Å². The second-order valence-electron chi connectivity index (χ2n) is 3.78. The molecular weight excluding hydrogens is 182 g/mol. The first-order valence-corrected chi connectivity index (χ1v) is 5.19. The fourth-order valence-electron chi connectivity index (χ4n) is 1.92. The van der Waals surface area contributed by atoms with Crippen LogP contribution in [0.4, 0.5) is 4.79 Å². The normalized spacial score (nSPS) is 17.7. The van der Waals surface area contributed by atoms with Gasteiger partial charge in [0, 0.05) is 18.9 Å². The largest absolute Gasteiger partial charge is 0.465 e. The lowest BCUT2D eigenvalue weighted by atomic mass is 9.85. The molecule has 4 heteroatoms. The molecule has 4 nitrogen and oxygen atoms in total. The van der Waals surface area contributed by atoms with Gasteiger partial charge in [0.1, 0.15) is 5.78 Å². The summed E-state index contributed by atoms with van der Waals surface area (Å²) < 4.78 is 0. The molecule has 1 aliphatic carbocycles. The van der Waals surface area contributed by atoms with Crippen molar-refractivity contribution < 1.29 is 14.7 Å². The fourth-order valence-corrected chi connectivity index (χ4v) is 1.92. The maximum Gasteiger partial charge on any atom is 0.404 e. The SMILES string of the molecule is O=C(O)NCCC(=O)C1CCCCC1. The van der Waals surface area contributed by atoms with Gasteiger partial charge in [-0.3, -0.25) is 4.79 Å². The Morgan fingerprint density at radius 3 is 2.43 bits per heavy atom. The van der Waals surface area contributed by atoms with E-state index in [0.717, 1.165) is 25.7 Å². The second-order valence-corrected chi connectivity index (χ2v) is 3.78. The lowest BCUT2D eigenvalue weighted by Crippen LogP contribution is -2.26. The molecule has 1 amide bonds. The number of amides is 1. The van der Waals surface area contributed by atoms with Crippen molar-refractivity contribution in [2.75, 3.05) is 6.54 Å². The monoisotopic (exact) mass is 199 g/mol. The van der Waals surface area contributed by atoms with E-state index >= 15 is 0 Å². The quantitative estimate of drug-likeness (QED) is 0.725. The maximum absolute atomic E-state index is 11.5. The van der Waals surface area contributed by atoms with Gasteiger partial charge in [-0.05, 0) is 12.8 Å². The van der Waals surface area contributed by atoms with Crippen LogP contribution in [0, 0.1) is 5.92 Å².